The number of rotatable bonds is 2. The molecule has 0 aliphatic carbocycles. The Morgan fingerprint density at radius 3 is 2.06 bits per heavy atom. The molecular weight excluding hydrogens is 233 g/mol. The van der Waals surface area contributed by atoms with Crippen molar-refractivity contribution in [2.45, 2.75) is 9.79 Å². The van der Waals surface area contributed by atoms with Crippen molar-refractivity contribution in [1.29, 1.82) is 0 Å². The second-order valence-electron chi connectivity index (χ2n) is 3.13. The van der Waals surface area contributed by atoms with E-state index in [-0.39, 0.29) is 10.7 Å². The minimum Gasteiger partial charge on any atom is -0.207 e. The van der Waals surface area contributed by atoms with E-state index in [1.54, 1.807) is 0 Å². The Bertz CT molecular complexity index is 494. The molecule has 0 fully saturated rings. The molecular formula is C12H7F3S. The van der Waals surface area contributed by atoms with Crippen LogP contribution in [-0.2, 0) is 0 Å². The van der Waals surface area contributed by atoms with Gasteiger partial charge in [-0.2, -0.15) is 0 Å². The standard InChI is InChI=1S/C12H7F3S/c13-8-1-4-10(5-2-8)16-12-7-9(14)3-6-11(12)15/h1-7H. The van der Waals surface area contributed by atoms with Gasteiger partial charge in [-0.25, -0.2) is 13.2 Å². The van der Waals surface area contributed by atoms with E-state index in [0.717, 1.165) is 30.0 Å². The summed E-state index contributed by atoms with van der Waals surface area (Å²) in [6.07, 6.45) is 0. The highest BCUT2D eigenvalue weighted by Gasteiger charge is 2.05. The van der Waals surface area contributed by atoms with Crippen molar-refractivity contribution in [3.8, 4) is 0 Å². The molecule has 0 amide bonds. The van der Waals surface area contributed by atoms with Crippen LogP contribution in [0.5, 0.6) is 0 Å². The van der Waals surface area contributed by atoms with Gasteiger partial charge in [-0.15, -0.1) is 0 Å². The largest absolute Gasteiger partial charge is 0.207 e. The maximum absolute atomic E-state index is 13.3. The summed E-state index contributed by atoms with van der Waals surface area (Å²) in [6, 6.07) is 8.84. The zero-order valence-electron chi connectivity index (χ0n) is 8.08. The van der Waals surface area contributed by atoms with Gasteiger partial charge in [0.25, 0.3) is 0 Å². The molecule has 0 unspecified atom stereocenters. The molecule has 0 radical (unpaired) electrons. The molecule has 0 heterocycles. The third-order valence-electron chi connectivity index (χ3n) is 1.93. The predicted molar refractivity (Wildman–Crippen MR) is 56.9 cm³/mol. The maximum atomic E-state index is 13.3. The average molecular weight is 240 g/mol. The summed E-state index contributed by atoms with van der Waals surface area (Å²) < 4.78 is 38.8. The van der Waals surface area contributed by atoms with Crippen molar-refractivity contribution in [3.63, 3.8) is 0 Å². The molecule has 0 atom stereocenters. The first kappa shape index (κ1) is 11.1. The van der Waals surface area contributed by atoms with Gasteiger partial charge in [0.05, 0.1) is 4.90 Å². The minimum atomic E-state index is -0.494. The first-order valence-corrected chi connectivity index (χ1v) is 5.35. The van der Waals surface area contributed by atoms with Crippen LogP contribution < -0.4 is 0 Å². The Labute approximate surface area is 95.1 Å². The van der Waals surface area contributed by atoms with Crippen molar-refractivity contribution < 1.29 is 13.2 Å². The van der Waals surface area contributed by atoms with Gasteiger partial charge in [0.2, 0.25) is 0 Å². The molecule has 0 spiro atoms. The summed E-state index contributed by atoms with van der Waals surface area (Å²) in [6.45, 7) is 0. The number of hydrogen-bond donors (Lipinski definition) is 0. The second-order valence-corrected chi connectivity index (χ2v) is 4.25. The summed E-state index contributed by atoms with van der Waals surface area (Å²) >= 11 is 1.06. The van der Waals surface area contributed by atoms with Crippen LogP contribution in [0.3, 0.4) is 0 Å². The van der Waals surface area contributed by atoms with Crippen LogP contribution >= 0.6 is 11.8 Å². The normalized spacial score (nSPS) is 10.4. The third-order valence-corrected chi connectivity index (χ3v) is 2.98. The quantitative estimate of drug-likeness (QED) is 0.756. The summed E-state index contributed by atoms with van der Waals surface area (Å²) in [5, 5.41) is 0. The van der Waals surface area contributed by atoms with E-state index in [0.29, 0.717) is 4.90 Å². The Balaban J connectivity index is 2.26. The lowest BCUT2D eigenvalue weighted by atomic mass is 10.3. The molecule has 2 aromatic rings. The van der Waals surface area contributed by atoms with Gasteiger partial charge < -0.3 is 0 Å². The minimum absolute atomic E-state index is 0.187. The van der Waals surface area contributed by atoms with Crippen LogP contribution in [0.1, 0.15) is 0 Å². The Hall–Kier alpha value is -1.42. The van der Waals surface area contributed by atoms with E-state index in [1.165, 1.54) is 24.3 Å². The van der Waals surface area contributed by atoms with Crippen LogP contribution in [-0.4, -0.2) is 0 Å². The van der Waals surface area contributed by atoms with Crippen molar-refractivity contribution >= 4 is 11.8 Å². The summed E-state index contributed by atoms with van der Waals surface area (Å²) in [5.74, 6) is -1.34. The van der Waals surface area contributed by atoms with Crippen molar-refractivity contribution in [2.75, 3.05) is 0 Å². The fraction of sp³-hybridized carbons (Fsp3) is 0. The second kappa shape index (κ2) is 4.61. The Morgan fingerprint density at radius 2 is 1.38 bits per heavy atom. The Morgan fingerprint density at radius 1 is 0.750 bits per heavy atom. The molecule has 2 aromatic carbocycles. The third kappa shape index (κ3) is 2.58. The molecule has 0 saturated heterocycles. The molecule has 0 saturated carbocycles. The van der Waals surface area contributed by atoms with E-state index in [4.69, 9.17) is 0 Å². The van der Waals surface area contributed by atoms with E-state index in [1.807, 2.05) is 0 Å². The molecule has 0 aliphatic rings. The van der Waals surface area contributed by atoms with Gasteiger partial charge in [0.1, 0.15) is 17.5 Å². The van der Waals surface area contributed by atoms with Gasteiger partial charge >= 0.3 is 0 Å². The Kier molecular flexibility index (Phi) is 3.19. The van der Waals surface area contributed by atoms with Gasteiger partial charge in [0.15, 0.2) is 0 Å². The van der Waals surface area contributed by atoms with Crippen LogP contribution in [0.2, 0.25) is 0 Å². The fourth-order valence-electron chi connectivity index (χ4n) is 1.19. The molecule has 2 rings (SSSR count). The van der Waals surface area contributed by atoms with E-state index >= 15 is 0 Å². The molecule has 0 aliphatic heterocycles. The van der Waals surface area contributed by atoms with Crippen LogP contribution in [0.15, 0.2) is 52.3 Å². The first-order valence-electron chi connectivity index (χ1n) is 4.53. The number of halogens is 3. The van der Waals surface area contributed by atoms with Gasteiger partial charge in [-0.05, 0) is 42.5 Å². The lowest BCUT2D eigenvalue weighted by Crippen LogP contribution is -1.83. The van der Waals surface area contributed by atoms with Crippen LogP contribution in [0.4, 0.5) is 13.2 Å². The first-order chi connectivity index (χ1) is 7.65. The smallest absolute Gasteiger partial charge is 0.137 e. The van der Waals surface area contributed by atoms with Crippen LogP contribution in [0, 0.1) is 17.5 Å². The van der Waals surface area contributed by atoms with Gasteiger partial charge in [-0.1, -0.05) is 11.8 Å². The van der Waals surface area contributed by atoms with Gasteiger partial charge in [-0.3, -0.25) is 0 Å². The van der Waals surface area contributed by atoms with Crippen molar-refractivity contribution in [3.05, 3.63) is 59.9 Å². The molecule has 16 heavy (non-hydrogen) atoms. The number of hydrogen-bond acceptors (Lipinski definition) is 1. The summed E-state index contributed by atoms with van der Waals surface area (Å²) in [5.41, 5.74) is 0. The molecule has 0 N–H and O–H groups in total. The molecule has 4 heteroatoms. The fourth-order valence-corrected chi connectivity index (χ4v) is 2.05. The lowest BCUT2D eigenvalue weighted by Gasteiger charge is -2.03. The summed E-state index contributed by atoms with van der Waals surface area (Å²) in [4.78, 5) is 0.845. The van der Waals surface area contributed by atoms with Crippen molar-refractivity contribution in [1.82, 2.24) is 0 Å². The number of benzene rings is 2. The average Bonchev–Trinajstić information content (AvgIpc) is 2.27. The van der Waals surface area contributed by atoms with Crippen molar-refractivity contribution in [2.24, 2.45) is 0 Å². The lowest BCUT2D eigenvalue weighted by molar-refractivity contribution is 0.577. The van der Waals surface area contributed by atoms with E-state index < -0.39 is 11.6 Å². The highest BCUT2D eigenvalue weighted by atomic mass is 32.2. The summed E-state index contributed by atoms with van der Waals surface area (Å²) in [7, 11) is 0. The molecule has 0 nitrogen and oxygen atoms in total. The van der Waals surface area contributed by atoms with E-state index in [9.17, 15) is 13.2 Å². The maximum Gasteiger partial charge on any atom is 0.137 e. The zero-order chi connectivity index (χ0) is 11.5. The highest BCUT2D eigenvalue weighted by molar-refractivity contribution is 7.99. The molecule has 0 bridgehead atoms. The topological polar surface area (TPSA) is 0 Å². The molecule has 0 aromatic heterocycles. The monoisotopic (exact) mass is 240 g/mol. The highest BCUT2D eigenvalue weighted by Crippen LogP contribution is 2.30. The van der Waals surface area contributed by atoms with Gasteiger partial charge in [0, 0.05) is 4.90 Å². The zero-order valence-corrected chi connectivity index (χ0v) is 8.90. The predicted octanol–water partition coefficient (Wildman–Crippen LogP) is 4.26. The SMILES string of the molecule is Fc1ccc(Sc2cc(F)ccc2F)cc1. The van der Waals surface area contributed by atoms with Crippen LogP contribution in [0.25, 0.3) is 0 Å². The van der Waals surface area contributed by atoms with E-state index in [2.05, 4.69) is 0 Å². The molecule has 82 valence electrons.